The predicted molar refractivity (Wildman–Crippen MR) is 95.7 cm³/mol. The van der Waals surface area contributed by atoms with E-state index in [-0.39, 0.29) is 12.5 Å². The van der Waals surface area contributed by atoms with Crippen LogP contribution in [-0.2, 0) is 4.79 Å². The minimum Gasteiger partial charge on any atom is -0.484 e. The summed E-state index contributed by atoms with van der Waals surface area (Å²) in [6, 6.07) is 14.8. The van der Waals surface area contributed by atoms with E-state index in [0.717, 1.165) is 16.1 Å². The smallest absolute Gasteiger partial charge is 0.264 e. The number of carbonyl (C=O) groups is 1. The lowest BCUT2D eigenvalue weighted by atomic mass is 10.1. The Morgan fingerprint density at radius 1 is 1.21 bits per heavy atom. The highest BCUT2D eigenvalue weighted by atomic mass is 35.5. The quantitative estimate of drug-likeness (QED) is 0.742. The van der Waals surface area contributed by atoms with Crippen LogP contribution >= 0.6 is 22.9 Å². The van der Waals surface area contributed by atoms with Gasteiger partial charge in [-0.3, -0.25) is 10.1 Å². The lowest BCUT2D eigenvalue weighted by Gasteiger charge is -2.05. The van der Waals surface area contributed by atoms with Crippen molar-refractivity contribution in [3.05, 3.63) is 59.1 Å². The highest BCUT2D eigenvalue weighted by Crippen LogP contribution is 2.26. The Morgan fingerprint density at radius 2 is 2.00 bits per heavy atom. The molecule has 1 amide bonds. The maximum atomic E-state index is 11.9. The molecule has 1 aromatic heterocycles. The molecule has 0 saturated heterocycles. The Balaban J connectivity index is 1.58. The van der Waals surface area contributed by atoms with Crippen LogP contribution in [0.25, 0.3) is 10.6 Å². The maximum Gasteiger partial charge on any atom is 0.264 e. The Labute approximate surface area is 148 Å². The highest BCUT2D eigenvalue weighted by Gasteiger charge is 2.10. The van der Waals surface area contributed by atoms with Crippen LogP contribution in [0.5, 0.6) is 5.75 Å². The second-order valence-corrected chi connectivity index (χ2v) is 6.49. The van der Waals surface area contributed by atoms with Gasteiger partial charge in [0.15, 0.2) is 6.61 Å². The first-order chi connectivity index (χ1) is 11.6. The summed E-state index contributed by atoms with van der Waals surface area (Å²) < 4.78 is 5.39. The van der Waals surface area contributed by atoms with Crippen LogP contribution in [0.3, 0.4) is 0 Å². The molecule has 3 aromatic rings. The molecule has 0 spiro atoms. The van der Waals surface area contributed by atoms with Crippen molar-refractivity contribution in [2.24, 2.45) is 0 Å². The molecular weight excluding hydrogens is 346 g/mol. The molecule has 0 bridgehead atoms. The van der Waals surface area contributed by atoms with E-state index in [4.69, 9.17) is 16.3 Å². The molecule has 0 atom stereocenters. The van der Waals surface area contributed by atoms with Crippen molar-refractivity contribution < 1.29 is 9.53 Å². The Bertz CT molecular complexity index is 849. The molecule has 7 heteroatoms. The summed E-state index contributed by atoms with van der Waals surface area (Å²) in [6.07, 6.45) is 0. The summed E-state index contributed by atoms with van der Waals surface area (Å²) in [7, 11) is 0. The molecule has 0 aliphatic rings. The van der Waals surface area contributed by atoms with Crippen molar-refractivity contribution in [1.29, 1.82) is 0 Å². The molecule has 0 aliphatic heterocycles. The predicted octanol–water partition coefficient (Wildman–Crippen LogP) is 4.18. The van der Waals surface area contributed by atoms with Gasteiger partial charge in [0.2, 0.25) is 5.13 Å². The molecule has 1 heterocycles. The van der Waals surface area contributed by atoms with Gasteiger partial charge >= 0.3 is 0 Å². The normalized spacial score (nSPS) is 10.4. The van der Waals surface area contributed by atoms with E-state index >= 15 is 0 Å². The van der Waals surface area contributed by atoms with Gasteiger partial charge in [-0.25, -0.2) is 0 Å². The van der Waals surface area contributed by atoms with E-state index in [0.29, 0.717) is 15.9 Å². The third-order valence-corrected chi connectivity index (χ3v) is 4.26. The first kappa shape index (κ1) is 16.4. The van der Waals surface area contributed by atoms with E-state index in [1.807, 2.05) is 31.2 Å². The minimum absolute atomic E-state index is 0.110. The fourth-order valence-corrected chi connectivity index (χ4v) is 2.89. The zero-order valence-electron chi connectivity index (χ0n) is 12.8. The van der Waals surface area contributed by atoms with E-state index in [9.17, 15) is 4.79 Å². The standard InChI is InChI=1S/C17H14ClN3O2S/c1-11-3-2-4-12(9-11)16-20-21-17(24-16)19-15(22)10-23-14-7-5-13(18)6-8-14/h2-9H,10H2,1H3,(H,19,21,22). The second kappa shape index (κ2) is 7.42. The lowest BCUT2D eigenvalue weighted by Crippen LogP contribution is -2.20. The number of nitrogens with one attached hydrogen (secondary N) is 1. The first-order valence-corrected chi connectivity index (χ1v) is 8.38. The number of aromatic nitrogens is 2. The molecule has 24 heavy (non-hydrogen) atoms. The zero-order valence-corrected chi connectivity index (χ0v) is 14.4. The van der Waals surface area contributed by atoms with E-state index in [1.165, 1.54) is 11.3 Å². The molecular formula is C17H14ClN3O2S. The number of hydrogen-bond acceptors (Lipinski definition) is 5. The van der Waals surface area contributed by atoms with Crippen LogP contribution in [0.1, 0.15) is 5.56 Å². The van der Waals surface area contributed by atoms with Crippen molar-refractivity contribution in [2.75, 3.05) is 11.9 Å². The Hall–Kier alpha value is -2.44. The number of nitrogens with zero attached hydrogens (tertiary/aromatic N) is 2. The number of aryl methyl sites for hydroxylation is 1. The third-order valence-electron chi connectivity index (χ3n) is 3.12. The van der Waals surface area contributed by atoms with Crippen molar-refractivity contribution >= 4 is 34.0 Å². The summed E-state index contributed by atoms with van der Waals surface area (Å²) in [6.45, 7) is 1.91. The van der Waals surface area contributed by atoms with Gasteiger partial charge in [0, 0.05) is 10.6 Å². The van der Waals surface area contributed by atoms with Crippen LogP contribution in [0, 0.1) is 6.92 Å². The zero-order chi connectivity index (χ0) is 16.9. The number of hydrogen-bond donors (Lipinski definition) is 1. The largest absolute Gasteiger partial charge is 0.484 e. The third kappa shape index (κ3) is 4.31. The highest BCUT2D eigenvalue weighted by molar-refractivity contribution is 7.18. The average Bonchev–Trinajstić information content (AvgIpc) is 3.03. The van der Waals surface area contributed by atoms with E-state index < -0.39 is 0 Å². The fraction of sp³-hybridized carbons (Fsp3) is 0.118. The van der Waals surface area contributed by atoms with Gasteiger partial charge in [-0.1, -0.05) is 46.7 Å². The van der Waals surface area contributed by atoms with Gasteiger partial charge in [0.25, 0.3) is 5.91 Å². The molecule has 0 unspecified atom stereocenters. The second-order valence-electron chi connectivity index (χ2n) is 5.07. The Kier molecular flexibility index (Phi) is 5.08. The number of ether oxygens (including phenoxy) is 1. The van der Waals surface area contributed by atoms with Gasteiger partial charge in [0.1, 0.15) is 10.8 Å². The molecule has 0 saturated carbocycles. The number of carbonyl (C=O) groups excluding carboxylic acids is 1. The summed E-state index contributed by atoms with van der Waals surface area (Å²) >= 11 is 7.12. The molecule has 5 nitrogen and oxygen atoms in total. The number of amides is 1. The van der Waals surface area contributed by atoms with Crippen molar-refractivity contribution in [3.8, 4) is 16.3 Å². The molecule has 0 radical (unpaired) electrons. The van der Waals surface area contributed by atoms with Gasteiger partial charge in [0.05, 0.1) is 0 Å². The summed E-state index contributed by atoms with van der Waals surface area (Å²) in [4.78, 5) is 11.9. The van der Waals surface area contributed by atoms with Crippen molar-refractivity contribution in [3.63, 3.8) is 0 Å². The van der Waals surface area contributed by atoms with Crippen LogP contribution < -0.4 is 10.1 Å². The number of benzene rings is 2. The van der Waals surface area contributed by atoms with Gasteiger partial charge in [-0.15, -0.1) is 10.2 Å². The lowest BCUT2D eigenvalue weighted by molar-refractivity contribution is -0.118. The summed E-state index contributed by atoms with van der Waals surface area (Å²) in [5.41, 5.74) is 2.12. The first-order valence-electron chi connectivity index (χ1n) is 7.19. The molecule has 3 rings (SSSR count). The molecule has 122 valence electrons. The fourth-order valence-electron chi connectivity index (χ4n) is 2.00. The SMILES string of the molecule is Cc1cccc(-c2nnc(NC(=O)COc3ccc(Cl)cc3)s2)c1. The van der Waals surface area contributed by atoms with Crippen LogP contribution in [0.4, 0.5) is 5.13 Å². The van der Waals surface area contributed by atoms with Crippen molar-refractivity contribution in [2.45, 2.75) is 6.92 Å². The number of rotatable bonds is 5. The monoisotopic (exact) mass is 359 g/mol. The number of anilines is 1. The number of halogens is 1. The Morgan fingerprint density at radius 3 is 2.75 bits per heavy atom. The van der Waals surface area contributed by atoms with E-state index in [2.05, 4.69) is 15.5 Å². The van der Waals surface area contributed by atoms with Crippen LogP contribution in [0.2, 0.25) is 5.02 Å². The molecule has 2 aromatic carbocycles. The van der Waals surface area contributed by atoms with Crippen LogP contribution in [0.15, 0.2) is 48.5 Å². The van der Waals surface area contributed by atoms with Gasteiger partial charge in [-0.05, 0) is 37.3 Å². The molecule has 0 fully saturated rings. The minimum atomic E-state index is -0.295. The summed E-state index contributed by atoms with van der Waals surface area (Å²) in [5, 5.41) is 12.6. The average molecular weight is 360 g/mol. The van der Waals surface area contributed by atoms with Crippen LogP contribution in [-0.4, -0.2) is 22.7 Å². The maximum absolute atomic E-state index is 11.9. The van der Waals surface area contributed by atoms with Crippen molar-refractivity contribution in [1.82, 2.24) is 10.2 Å². The van der Waals surface area contributed by atoms with E-state index in [1.54, 1.807) is 24.3 Å². The molecule has 1 N–H and O–H groups in total. The summed E-state index contributed by atoms with van der Waals surface area (Å²) in [5.74, 6) is 0.282. The van der Waals surface area contributed by atoms with Gasteiger partial charge in [-0.2, -0.15) is 0 Å². The molecule has 0 aliphatic carbocycles. The van der Waals surface area contributed by atoms with Gasteiger partial charge < -0.3 is 4.74 Å². The topological polar surface area (TPSA) is 64.1 Å².